The van der Waals surface area contributed by atoms with E-state index in [2.05, 4.69) is 5.32 Å². The highest BCUT2D eigenvalue weighted by Crippen LogP contribution is 2.20. The van der Waals surface area contributed by atoms with Gasteiger partial charge in [0.1, 0.15) is 6.26 Å². The van der Waals surface area contributed by atoms with Crippen molar-refractivity contribution in [3.8, 4) is 0 Å². The summed E-state index contributed by atoms with van der Waals surface area (Å²) in [4.78, 5) is 22.5. The van der Waals surface area contributed by atoms with Crippen LogP contribution in [0.15, 0.2) is 34.9 Å². The predicted octanol–water partition coefficient (Wildman–Crippen LogP) is 3.19. The van der Waals surface area contributed by atoms with E-state index in [9.17, 15) is 9.59 Å². The number of aromatic carboxylic acids is 1. The first kappa shape index (κ1) is 13.2. The zero-order valence-corrected chi connectivity index (χ0v) is 10.7. The van der Waals surface area contributed by atoms with Gasteiger partial charge < -0.3 is 14.8 Å². The Kier molecular flexibility index (Phi) is 3.57. The Morgan fingerprint density at radius 2 is 2.05 bits per heavy atom. The minimum absolute atomic E-state index is 0.0749. The lowest BCUT2D eigenvalue weighted by Gasteiger charge is -2.04. The van der Waals surface area contributed by atoms with Crippen LogP contribution in [0.25, 0.3) is 0 Å². The summed E-state index contributed by atoms with van der Waals surface area (Å²) < 4.78 is 4.89. The minimum atomic E-state index is -1.15. The Morgan fingerprint density at radius 1 is 1.32 bits per heavy atom. The number of nitrogens with one attached hydrogen (secondary N) is 1. The van der Waals surface area contributed by atoms with Crippen molar-refractivity contribution < 1.29 is 19.1 Å². The monoisotopic (exact) mass is 279 g/mol. The fraction of sp³-hybridized carbons (Fsp3) is 0.0769. The normalized spacial score (nSPS) is 10.2. The maximum atomic E-state index is 11.8. The largest absolute Gasteiger partial charge is 0.478 e. The fourth-order valence-electron chi connectivity index (χ4n) is 1.43. The third-order valence-corrected chi connectivity index (χ3v) is 2.91. The molecule has 5 nitrogen and oxygen atoms in total. The minimum Gasteiger partial charge on any atom is -0.478 e. The van der Waals surface area contributed by atoms with E-state index >= 15 is 0 Å². The number of amides is 1. The Morgan fingerprint density at radius 3 is 2.63 bits per heavy atom. The van der Waals surface area contributed by atoms with Crippen LogP contribution in [0.1, 0.15) is 26.5 Å². The van der Waals surface area contributed by atoms with Crippen molar-refractivity contribution in [3.63, 3.8) is 0 Å². The van der Waals surface area contributed by atoms with Crippen molar-refractivity contribution in [2.75, 3.05) is 5.32 Å². The van der Waals surface area contributed by atoms with Gasteiger partial charge in [0.2, 0.25) is 0 Å². The van der Waals surface area contributed by atoms with E-state index in [-0.39, 0.29) is 11.3 Å². The molecular formula is C13H10ClNO4. The number of carbonyl (C=O) groups is 2. The van der Waals surface area contributed by atoms with Crippen LogP contribution in [-0.4, -0.2) is 17.0 Å². The number of aryl methyl sites for hydroxylation is 1. The quantitative estimate of drug-likeness (QED) is 0.904. The molecule has 0 unspecified atom stereocenters. The third-order valence-electron chi connectivity index (χ3n) is 2.50. The molecule has 2 rings (SSSR count). The summed E-state index contributed by atoms with van der Waals surface area (Å²) in [7, 11) is 0. The molecule has 1 aromatic carbocycles. The van der Waals surface area contributed by atoms with Crippen molar-refractivity contribution in [2.24, 2.45) is 0 Å². The molecular weight excluding hydrogens is 270 g/mol. The summed E-state index contributed by atoms with van der Waals surface area (Å²) in [6.07, 6.45) is 1.01. The number of carboxylic acids is 1. The van der Waals surface area contributed by atoms with Crippen molar-refractivity contribution in [1.82, 2.24) is 0 Å². The lowest BCUT2D eigenvalue weighted by molar-refractivity contribution is 0.0696. The zero-order chi connectivity index (χ0) is 14.0. The van der Waals surface area contributed by atoms with Gasteiger partial charge in [0.25, 0.3) is 5.91 Å². The number of carboxylic acid groups (broad SMARTS) is 1. The highest BCUT2D eigenvalue weighted by molar-refractivity contribution is 6.31. The molecule has 1 amide bonds. The van der Waals surface area contributed by atoms with Gasteiger partial charge in [-0.2, -0.15) is 0 Å². The first-order valence-electron chi connectivity index (χ1n) is 5.36. The van der Waals surface area contributed by atoms with Gasteiger partial charge in [-0.05, 0) is 24.6 Å². The summed E-state index contributed by atoms with van der Waals surface area (Å²) in [5.74, 6) is -1.76. The highest BCUT2D eigenvalue weighted by atomic mass is 35.5. The summed E-state index contributed by atoms with van der Waals surface area (Å²) >= 11 is 5.94. The topological polar surface area (TPSA) is 79.5 Å². The van der Waals surface area contributed by atoms with Crippen LogP contribution in [0.5, 0.6) is 0 Å². The highest BCUT2D eigenvalue weighted by Gasteiger charge is 2.14. The van der Waals surface area contributed by atoms with Crippen molar-refractivity contribution in [2.45, 2.75) is 6.92 Å². The molecule has 0 radical (unpaired) electrons. The van der Waals surface area contributed by atoms with Crippen LogP contribution in [-0.2, 0) is 0 Å². The standard InChI is InChI=1S/C13H10ClNO4/c1-7-2-3-9(5-10(7)14)15-12(16)11-4-8(6-19-11)13(17)18/h2-6H,1H3,(H,15,16)(H,17,18). The number of carbonyl (C=O) groups excluding carboxylic acids is 1. The fourth-order valence-corrected chi connectivity index (χ4v) is 1.61. The smallest absolute Gasteiger partial charge is 0.338 e. The Bertz CT molecular complexity index is 648. The second kappa shape index (κ2) is 5.16. The van der Waals surface area contributed by atoms with Crippen LogP contribution in [0.4, 0.5) is 5.69 Å². The van der Waals surface area contributed by atoms with Crippen molar-refractivity contribution >= 4 is 29.2 Å². The van der Waals surface area contributed by atoms with Crippen LogP contribution < -0.4 is 5.32 Å². The Labute approximate surface area is 113 Å². The average Bonchev–Trinajstić information content (AvgIpc) is 2.83. The molecule has 98 valence electrons. The molecule has 0 saturated carbocycles. The molecule has 0 fully saturated rings. The van der Waals surface area contributed by atoms with Gasteiger partial charge in [0.15, 0.2) is 5.76 Å². The lowest BCUT2D eigenvalue weighted by Crippen LogP contribution is -2.11. The van der Waals surface area contributed by atoms with Crippen LogP contribution >= 0.6 is 11.6 Å². The zero-order valence-electron chi connectivity index (χ0n) is 9.94. The molecule has 0 aliphatic rings. The molecule has 2 aromatic rings. The number of rotatable bonds is 3. The SMILES string of the molecule is Cc1ccc(NC(=O)c2cc(C(=O)O)co2)cc1Cl. The molecule has 0 bridgehead atoms. The number of benzene rings is 1. The summed E-state index contributed by atoms with van der Waals surface area (Å²) in [5, 5.41) is 11.8. The van der Waals surface area contributed by atoms with Crippen molar-refractivity contribution in [1.29, 1.82) is 0 Å². The van der Waals surface area contributed by atoms with E-state index in [1.165, 1.54) is 0 Å². The number of hydrogen-bond donors (Lipinski definition) is 2. The Hall–Kier alpha value is -2.27. The lowest BCUT2D eigenvalue weighted by atomic mass is 10.2. The maximum Gasteiger partial charge on any atom is 0.338 e. The summed E-state index contributed by atoms with van der Waals surface area (Å²) in [5.41, 5.74) is 1.33. The molecule has 6 heteroatoms. The van der Waals surface area contributed by atoms with E-state index in [4.69, 9.17) is 21.1 Å². The van der Waals surface area contributed by atoms with E-state index in [1.54, 1.807) is 18.2 Å². The van der Waals surface area contributed by atoms with Crippen LogP contribution in [0.2, 0.25) is 5.02 Å². The van der Waals surface area contributed by atoms with Gasteiger partial charge >= 0.3 is 5.97 Å². The van der Waals surface area contributed by atoms with Gasteiger partial charge in [-0.3, -0.25) is 4.79 Å². The van der Waals surface area contributed by atoms with E-state index in [1.807, 2.05) is 6.92 Å². The summed E-state index contributed by atoms with van der Waals surface area (Å²) in [6, 6.07) is 6.23. The average molecular weight is 280 g/mol. The number of furan rings is 1. The molecule has 0 spiro atoms. The second-order valence-corrected chi connectivity index (χ2v) is 4.33. The molecule has 2 N–H and O–H groups in total. The molecule has 1 aromatic heterocycles. The first-order valence-corrected chi connectivity index (χ1v) is 5.74. The second-order valence-electron chi connectivity index (χ2n) is 3.92. The number of halogens is 1. The molecule has 0 aliphatic carbocycles. The van der Waals surface area contributed by atoms with Gasteiger partial charge in [0, 0.05) is 16.8 Å². The molecule has 0 atom stereocenters. The molecule has 19 heavy (non-hydrogen) atoms. The van der Waals surface area contributed by atoms with Gasteiger partial charge in [0.05, 0.1) is 5.56 Å². The van der Waals surface area contributed by atoms with E-state index in [0.717, 1.165) is 17.9 Å². The van der Waals surface area contributed by atoms with E-state index in [0.29, 0.717) is 10.7 Å². The van der Waals surface area contributed by atoms with E-state index < -0.39 is 11.9 Å². The maximum absolute atomic E-state index is 11.8. The number of hydrogen-bond acceptors (Lipinski definition) is 3. The van der Waals surface area contributed by atoms with Gasteiger partial charge in [-0.25, -0.2) is 4.79 Å². The number of anilines is 1. The summed E-state index contributed by atoms with van der Waals surface area (Å²) in [6.45, 7) is 1.85. The molecule has 0 aliphatic heterocycles. The van der Waals surface area contributed by atoms with Crippen LogP contribution in [0, 0.1) is 6.92 Å². The predicted molar refractivity (Wildman–Crippen MR) is 69.8 cm³/mol. The van der Waals surface area contributed by atoms with Gasteiger partial charge in [-0.1, -0.05) is 17.7 Å². The molecule has 1 heterocycles. The van der Waals surface area contributed by atoms with Crippen molar-refractivity contribution in [3.05, 3.63) is 52.4 Å². The van der Waals surface area contributed by atoms with Crippen LogP contribution in [0.3, 0.4) is 0 Å². The molecule has 0 saturated heterocycles. The third kappa shape index (κ3) is 2.95. The Balaban J connectivity index is 2.15. The first-order chi connectivity index (χ1) is 8.97. The van der Waals surface area contributed by atoms with Gasteiger partial charge in [-0.15, -0.1) is 0 Å².